The van der Waals surface area contributed by atoms with Crippen LogP contribution in [0.3, 0.4) is 0 Å². The quantitative estimate of drug-likeness (QED) is 0.912. The topological polar surface area (TPSA) is 47.0 Å². The lowest BCUT2D eigenvalue weighted by atomic mass is 10.0. The van der Waals surface area contributed by atoms with Crippen molar-refractivity contribution in [2.24, 2.45) is 0 Å². The van der Waals surface area contributed by atoms with Gasteiger partial charge >= 0.3 is 0 Å². The fraction of sp³-hybridized carbons (Fsp3) is 0.429. The van der Waals surface area contributed by atoms with Crippen LogP contribution in [0.2, 0.25) is 5.02 Å². The minimum atomic E-state index is 0.204. The largest absolute Gasteiger partial charge is 0.373 e. The average Bonchev–Trinajstić information content (AvgIpc) is 2.85. The molecule has 0 spiro atoms. The summed E-state index contributed by atoms with van der Waals surface area (Å²) in [6, 6.07) is 3.66. The molecule has 0 radical (unpaired) electrons. The molecule has 6 heteroatoms. The summed E-state index contributed by atoms with van der Waals surface area (Å²) >= 11 is 7.49. The molecule has 0 aromatic carbocycles. The van der Waals surface area contributed by atoms with Crippen molar-refractivity contribution in [1.29, 1.82) is 0 Å². The molecule has 0 saturated carbocycles. The zero-order chi connectivity index (χ0) is 13.9. The normalized spacial score (nSPS) is 17.8. The third-order valence-corrected chi connectivity index (χ3v) is 4.56. The number of nitrogens with zero attached hydrogens (tertiary/aromatic N) is 2. The maximum Gasteiger partial charge on any atom is 0.188 e. The number of thiazole rings is 1. The highest BCUT2D eigenvalue weighted by Crippen LogP contribution is 2.38. The molecule has 0 aliphatic heterocycles. The van der Waals surface area contributed by atoms with Crippen molar-refractivity contribution in [3.8, 4) is 0 Å². The predicted octanol–water partition coefficient (Wildman–Crippen LogP) is 4.35. The second kappa shape index (κ2) is 6.08. The molecule has 2 aromatic rings. The van der Waals surface area contributed by atoms with Crippen molar-refractivity contribution < 1.29 is 4.74 Å². The Labute approximate surface area is 127 Å². The number of rotatable bonds is 4. The zero-order valence-electron chi connectivity index (χ0n) is 11.2. The number of nitrogens with one attached hydrogen (secondary N) is 1. The van der Waals surface area contributed by atoms with Gasteiger partial charge in [-0.15, -0.1) is 0 Å². The lowest BCUT2D eigenvalue weighted by molar-refractivity contribution is 0.0524. The van der Waals surface area contributed by atoms with Gasteiger partial charge in [-0.1, -0.05) is 22.9 Å². The van der Waals surface area contributed by atoms with Crippen molar-refractivity contribution in [3.05, 3.63) is 33.9 Å². The summed E-state index contributed by atoms with van der Waals surface area (Å²) in [7, 11) is 0. The maximum atomic E-state index is 5.83. The van der Waals surface area contributed by atoms with E-state index in [4.69, 9.17) is 16.3 Å². The van der Waals surface area contributed by atoms with Gasteiger partial charge in [0.05, 0.1) is 21.7 Å². The Kier molecular flexibility index (Phi) is 4.19. The molecular formula is C14H16ClN3OS. The van der Waals surface area contributed by atoms with Gasteiger partial charge in [0.1, 0.15) is 5.82 Å². The Bertz CT molecular complexity index is 585. The maximum absolute atomic E-state index is 5.83. The van der Waals surface area contributed by atoms with Gasteiger partial charge < -0.3 is 10.1 Å². The number of halogens is 1. The molecule has 106 valence electrons. The van der Waals surface area contributed by atoms with E-state index in [9.17, 15) is 0 Å². The highest BCUT2D eigenvalue weighted by atomic mass is 35.5. The predicted molar refractivity (Wildman–Crippen MR) is 81.9 cm³/mol. The minimum absolute atomic E-state index is 0.204. The fourth-order valence-corrected chi connectivity index (χ4v) is 3.57. The molecule has 1 aliphatic carbocycles. The molecule has 3 rings (SSSR count). The number of ether oxygens (including phenoxy) is 1. The van der Waals surface area contributed by atoms with E-state index in [2.05, 4.69) is 15.3 Å². The van der Waals surface area contributed by atoms with Gasteiger partial charge in [0.25, 0.3) is 0 Å². The van der Waals surface area contributed by atoms with Crippen LogP contribution in [-0.2, 0) is 11.2 Å². The van der Waals surface area contributed by atoms with E-state index in [1.54, 1.807) is 17.5 Å². The zero-order valence-corrected chi connectivity index (χ0v) is 12.8. The van der Waals surface area contributed by atoms with Crippen LogP contribution < -0.4 is 5.32 Å². The minimum Gasteiger partial charge on any atom is -0.373 e. The molecule has 2 heterocycles. The van der Waals surface area contributed by atoms with E-state index >= 15 is 0 Å². The summed E-state index contributed by atoms with van der Waals surface area (Å²) in [6.45, 7) is 2.77. The van der Waals surface area contributed by atoms with Crippen LogP contribution in [0.1, 0.15) is 36.4 Å². The third kappa shape index (κ3) is 2.95. The molecule has 2 aromatic heterocycles. The first kappa shape index (κ1) is 13.8. The number of pyridine rings is 1. The van der Waals surface area contributed by atoms with Crippen LogP contribution in [0.5, 0.6) is 0 Å². The van der Waals surface area contributed by atoms with Crippen molar-refractivity contribution in [2.75, 3.05) is 11.9 Å². The van der Waals surface area contributed by atoms with Crippen LogP contribution in [0, 0.1) is 0 Å². The Balaban J connectivity index is 1.80. The summed E-state index contributed by atoms with van der Waals surface area (Å²) < 4.78 is 5.80. The summed E-state index contributed by atoms with van der Waals surface area (Å²) in [5.41, 5.74) is 1.16. The summed E-state index contributed by atoms with van der Waals surface area (Å²) in [4.78, 5) is 10.1. The fourth-order valence-electron chi connectivity index (χ4n) is 2.35. The Hall–Kier alpha value is -1.17. The van der Waals surface area contributed by atoms with E-state index in [-0.39, 0.29) is 6.10 Å². The number of fused-ring (bicyclic) bond motifs is 1. The van der Waals surface area contributed by atoms with Gasteiger partial charge in [0.2, 0.25) is 0 Å². The van der Waals surface area contributed by atoms with E-state index < -0.39 is 0 Å². The highest BCUT2D eigenvalue weighted by Gasteiger charge is 2.25. The van der Waals surface area contributed by atoms with Gasteiger partial charge in [-0.05, 0) is 38.3 Å². The molecule has 1 unspecified atom stereocenters. The van der Waals surface area contributed by atoms with Crippen LogP contribution in [0.25, 0.3) is 0 Å². The van der Waals surface area contributed by atoms with E-state index in [0.717, 1.165) is 42.5 Å². The molecule has 1 aliphatic rings. The van der Waals surface area contributed by atoms with Gasteiger partial charge in [-0.3, -0.25) is 0 Å². The number of hydrogen-bond acceptors (Lipinski definition) is 5. The second-order valence-corrected chi connectivity index (χ2v) is 6.12. The van der Waals surface area contributed by atoms with Crippen LogP contribution in [-0.4, -0.2) is 16.6 Å². The smallest absolute Gasteiger partial charge is 0.188 e. The molecule has 1 N–H and O–H groups in total. The third-order valence-electron chi connectivity index (χ3n) is 3.23. The van der Waals surface area contributed by atoms with Crippen LogP contribution in [0.15, 0.2) is 18.3 Å². The summed E-state index contributed by atoms with van der Waals surface area (Å²) in [6.07, 6.45) is 5.09. The SMILES string of the molecule is CCOC1CCCc2nc(Nc3ccc(Cl)cn3)sc21. The number of anilines is 2. The molecule has 20 heavy (non-hydrogen) atoms. The first-order valence-electron chi connectivity index (χ1n) is 6.76. The number of hydrogen-bond donors (Lipinski definition) is 1. The Morgan fingerprint density at radius 3 is 3.15 bits per heavy atom. The van der Waals surface area contributed by atoms with Crippen LogP contribution >= 0.6 is 22.9 Å². The molecule has 4 nitrogen and oxygen atoms in total. The number of aryl methyl sites for hydroxylation is 1. The van der Waals surface area contributed by atoms with Crippen LogP contribution in [0.4, 0.5) is 10.9 Å². The Morgan fingerprint density at radius 1 is 1.50 bits per heavy atom. The first-order chi connectivity index (χ1) is 9.76. The second-order valence-electron chi connectivity index (χ2n) is 4.65. The lowest BCUT2D eigenvalue weighted by Crippen LogP contribution is -2.10. The van der Waals surface area contributed by atoms with Gasteiger partial charge in [-0.25, -0.2) is 9.97 Å². The molecular weight excluding hydrogens is 294 g/mol. The van der Waals surface area contributed by atoms with E-state index in [1.807, 2.05) is 19.1 Å². The molecule has 0 fully saturated rings. The standard InChI is InChI=1S/C14H16ClN3OS/c1-2-19-11-5-3-4-10-13(11)20-14(17-10)18-12-7-6-9(15)8-16-12/h6-8,11H,2-5H2,1H3,(H,16,17,18). The molecule has 0 saturated heterocycles. The average molecular weight is 310 g/mol. The molecule has 1 atom stereocenters. The van der Waals surface area contributed by atoms with E-state index in [1.165, 1.54) is 4.88 Å². The van der Waals surface area contributed by atoms with Crippen molar-refractivity contribution >= 4 is 33.9 Å². The van der Waals surface area contributed by atoms with Crippen molar-refractivity contribution in [2.45, 2.75) is 32.3 Å². The van der Waals surface area contributed by atoms with Gasteiger partial charge in [-0.2, -0.15) is 0 Å². The first-order valence-corrected chi connectivity index (χ1v) is 7.95. The van der Waals surface area contributed by atoms with Crippen molar-refractivity contribution in [1.82, 2.24) is 9.97 Å². The number of aromatic nitrogens is 2. The van der Waals surface area contributed by atoms with Crippen molar-refractivity contribution in [3.63, 3.8) is 0 Å². The molecule has 0 amide bonds. The Morgan fingerprint density at radius 2 is 2.40 bits per heavy atom. The highest BCUT2D eigenvalue weighted by molar-refractivity contribution is 7.15. The summed E-state index contributed by atoms with van der Waals surface area (Å²) in [5.74, 6) is 0.758. The summed E-state index contributed by atoms with van der Waals surface area (Å²) in [5, 5.41) is 4.73. The lowest BCUT2D eigenvalue weighted by Gasteiger charge is -2.20. The van der Waals surface area contributed by atoms with E-state index in [0.29, 0.717) is 5.02 Å². The monoisotopic (exact) mass is 309 g/mol. The molecule has 0 bridgehead atoms. The van der Waals surface area contributed by atoms with Gasteiger partial charge in [0, 0.05) is 12.8 Å². The van der Waals surface area contributed by atoms with Gasteiger partial charge in [0.15, 0.2) is 5.13 Å².